The summed E-state index contributed by atoms with van der Waals surface area (Å²) < 4.78 is 25.4. The Morgan fingerprint density at radius 3 is 2.58 bits per heavy atom. The Labute approximate surface area is 142 Å². The zero-order valence-corrected chi connectivity index (χ0v) is 14.6. The summed E-state index contributed by atoms with van der Waals surface area (Å²) in [4.78, 5) is 6.54. The molecule has 4 rings (SSSR count). The minimum atomic E-state index is -2.87. The largest absolute Gasteiger partial charge is 0.295 e. The van der Waals surface area contributed by atoms with Gasteiger partial charge in [0.15, 0.2) is 9.84 Å². The molecule has 0 bridgehead atoms. The lowest BCUT2D eigenvalue weighted by molar-refractivity contribution is 0.239. The molecule has 1 atom stereocenters. The maximum Gasteiger partial charge on any atom is 0.151 e. The Bertz CT molecular complexity index is 821. The highest BCUT2D eigenvalue weighted by molar-refractivity contribution is 7.91. The Morgan fingerprint density at radius 2 is 1.96 bits per heavy atom. The predicted octanol–water partition coefficient (Wildman–Crippen LogP) is 1.24. The minimum Gasteiger partial charge on any atom is -0.295 e. The number of nitrogens with zero attached hydrogens (tertiary/aromatic N) is 4. The summed E-state index contributed by atoms with van der Waals surface area (Å²) in [5.74, 6) is 1.47. The summed E-state index contributed by atoms with van der Waals surface area (Å²) >= 11 is 0. The van der Waals surface area contributed by atoms with E-state index in [0.29, 0.717) is 24.8 Å². The molecule has 0 amide bonds. The summed E-state index contributed by atoms with van der Waals surface area (Å²) in [6, 6.07) is 8.92. The van der Waals surface area contributed by atoms with E-state index in [2.05, 4.69) is 39.2 Å². The van der Waals surface area contributed by atoms with Crippen LogP contribution < -0.4 is 0 Å². The van der Waals surface area contributed by atoms with Crippen molar-refractivity contribution < 1.29 is 8.42 Å². The standard InChI is InChI=1S/C17H22N4O2S/c1-20(15-6-7-24(22,23)11-15)10-17-18-12-19-21(17)16-8-13-4-2-3-5-14(13)9-16/h2-5,12,15-16H,6-11H2,1H3/t15-/m0/s1. The van der Waals surface area contributed by atoms with Crippen LogP contribution in [-0.4, -0.2) is 52.7 Å². The van der Waals surface area contributed by atoms with Gasteiger partial charge >= 0.3 is 0 Å². The third kappa shape index (κ3) is 2.98. The van der Waals surface area contributed by atoms with E-state index >= 15 is 0 Å². The molecule has 128 valence electrons. The van der Waals surface area contributed by atoms with Crippen molar-refractivity contribution in [1.82, 2.24) is 19.7 Å². The lowest BCUT2D eigenvalue weighted by Gasteiger charge is -2.23. The molecule has 1 aromatic carbocycles. The number of hydrogen-bond acceptors (Lipinski definition) is 5. The van der Waals surface area contributed by atoms with Gasteiger partial charge in [-0.2, -0.15) is 5.10 Å². The van der Waals surface area contributed by atoms with Crippen molar-refractivity contribution in [2.24, 2.45) is 0 Å². The Morgan fingerprint density at radius 1 is 1.25 bits per heavy atom. The van der Waals surface area contributed by atoms with Gasteiger partial charge in [0.05, 0.1) is 24.1 Å². The van der Waals surface area contributed by atoms with Crippen molar-refractivity contribution in [2.45, 2.75) is 37.9 Å². The second-order valence-corrected chi connectivity index (χ2v) is 9.15. The van der Waals surface area contributed by atoms with Crippen LogP contribution in [0.3, 0.4) is 0 Å². The summed E-state index contributed by atoms with van der Waals surface area (Å²) in [6.07, 6.45) is 4.28. The summed E-state index contributed by atoms with van der Waals surface area (Å²) in [5, 5.41) is 4.45. The smallest absolute Gasteiger partial charge is 0.151 e. The molecule has 6 nitrogen and oxygen atoms in total. The van der Waals surface area contributed by atoms with Crippen molar-refractivity contribution in [3.8, 4) is 0 Å². The number of benzene rings is 1. The molecule has 2 heterocycles. The van der Waals surface area contributed by atoms with Gasteiger partial charge in [-0.3, -0.25) is 4.90 Å². The van der Waals surface area contributed by atoms with Gasteiger partial charge in [-0.25, -0.2) is 18.1 Å². The van der Waals surface area contributed by atoms with Gasteiger partial charge in [-0.15, -0.1) is 0 Å². The molecule has 0 radical (unpaired) electrons. The van der Waals surface area contributed by atoms with Crippen LogP contribution >= 0.6 is 0 Å². The van der Waals surface area contributed by atoms with Crippen molar-refractivity contribution in [3.63, 3.8) is 0 Å². The molecule has 0 saturated carbocycles. The average Bonchev–Trinajstić information content (AvgIpc) is 3.24. The molecule has 2 aliphatic rings. The van der Waals surface area contributed by atoms with Gasteiger partial charge in [0.25, 0.3) is 0 Å². The van der Waals surface area contributed by atoms with Crippen LogP contribution in [0.2, 0.25) is 0 Å². The van der Waals surface area contributed by atoms with Crippen LogP contribution in [0.25, 0.3) is 0 Å². The van der Waals surface area contributed by atoms with Crippen molar-refractivity contribution in [2.75, 3.05) is 18.6 Å². The van der Waals surface area contributed by atoms with Gasteiger partial charge in [0, 0.05) is 6.04 Å². The number of rotatable bonds is 4. The second-order valence-electron chi connectivity index (χ2n) is 6.92. The number of hydrogen-bond donors (Lipinski definition) is 0. The third-order valence-corrected chi connectivity index (χ3v) is 7.00. The highest BCUT2D eigenvalue weighted by Crippen LogP contribution is 2.30. The first kappa shape index (κ1) is 15.8. The molecule has 0 unspecified atom stereocenters. The first-order valence-corrected chi connectivity index (χ1v) is 10.2. The molecular formula is C17H22N4O2S. The van der Waals surface area contributed by atoms with Gasteiger partial charge in [0.2, 0.25) is 0 Å². The first-order chi connectivity index (χ1) is 11.5. The van der Waals surface area contributed by atoms with Gasteiger partial charge in [-0.1, -0.05) is 24.3 Å². The fourth-order valence-electron chi connectivity index (χ4n) is 3.88. The van der Waals surface area contributed by atoms with Crippen LogP contribution in [0.5, 0.6) is 0 Å². The minimum absolute atomic E-state index is 0.0842. The molecule has 0 spiro atoms. The van der Waals surface area contributed by atoms with E-state index < -0.39 is 9.84 Å². The maximum absolute atomic E-state index is 11.7. The first-order valence-electron chi connectivity index (χ1n) is 8.38. The van der Waals surface area contributed by atoms with E-state index in [9.17, 15) is 8.42 Å². The quantitative estimate of drug-likeness (QED) is 0.833. The van der Waals surface area contributed by atoms with E-state index in [1.807, 2.05) is 11.7 Å². The number of aromatic nitrogens is 3. The second kappa shape index (κ2) is 5.97. The van der Waals surface area contributed by atoms with E-state index in [0.717, 1.165) is 18.7 Å². The fourth-order valence-corrected chi connectivity index (χ4v) is 5.68. The zero-order chi connectivity index (χ0) is 16.7. The molecular weight excluding hydrogens is 324 g/mol. The Balaban J connectivity index is 1.48. The molecule has 1 saturated heterocycles. The molecule has 1 fully saturated rings. The van der Waals surface area contributed by atoms with Crippen molar-refractivity contribution in [1.29, 1.82) is 0 Å². The Kier molecular flexibility index (Phi) is 3.92. The van der Waals surface area contributed by atoms with E-state index in [1.54, 1.807) is 6.33 Å². The van der Waals surface area contributed by atoms with Crippen LogP contribution in [-0.2, 0) is 29.2 Å². The average molecular weight is 346 g/mol. The van der Waals surface area contributed by atoms with Crippen LogP contribution in [0.15, 0.2) is 30.6 Å². The van der Waals surface area contributed by atoms with Crippen molar-refractivity contribution >= 4 is 9.84 Å². The highest BCUT2D eigenvalue weighted by atomic mass is 32.2. The number of sulfone groups is 1. The van der Waals surface area contributed by atoms with Crippen LogP contribution in [0.4, 0.5) is 0 Å². The molecule has 24 heavy (non-hydrogen) atoms. The lowest BCUT2D eigenvalue weighted by atomic mass is 10.1. The lowest BCUT2D eigenvalue weighted by Crippen LogP contribution is -2.33. The molecule has 1 aromatic heterocycles. The van der Waals surface area contributed by atoms with Gasteiger partial charge in [-0.05, 0) is 37.4 Å². The molecule has 2 aromatic rings. The highest BCUT2D eigenvalue weighted by Gasteiger charge is 2.32. The molecule has 1 aliphatic carbocycles. The zero-order valence-electron chi connectivity index (χ0n) is 13.8. The normalized spacial score (nSPS) is 23.0. The number of fused-ring (bicyclic) bond motifs is 1. The third-order valence-electron chi connectivity index (χ3n) is 5.25. The van der Waals surface area contributed by atoms with Gasteiger partial charge in [0.1, 0.15) is 12.2 Å². The maximum atomic E-state index is 11.7. The summed E-state index contributed by atoms with van der Waals surface area (Å²) in [6.45, 7) is 0.632. The van der Waals surface area contributed by atoms with Crippen LogP contribution in [0, 0.1) is 0 Å². The summed E-state index contributed by atoms with van der Waals surface area (Å²) in [5.41, 5.74) is 2.78. The SMILES string of the molecule is CN(Cc1ncnn1C1Cc2ccccc2C1)[C@H]1CCS(=O)(=O)C1. The van der Waals surface area contributed by atoms with Crippen LogP contribution in [0.1, 0.15) is 29.4 Å². The van der Waals surface area contributed by atoms with E-state index in [1.165, 1.54) is 11.1 Å². The predicted molar refractivity (Wildman–Crippen MR) is 91.4 cm³/mol. The molecule has 7 heteroatoms. The van der Waals surface area contributed by atoms with Crippen molar-refractivity contribution in [3.05, 3.63) is 47.5 Å². The molecule has 1 aliphatic heterocycles. The van der Waals surface area contributed by atoms with E-state index in [-0.39, 0.29) is 11.8 Å². The fraction of sp³-hybridized carbons (Fsp3) is 0.529. The monoisotopic (exact) mass is 346 g/mol. The Hall–Kier alpha value is -1.73. The summed E-state index contributed by atoms with van der Waals surface area (Å²) in [7, 11) is -0.886. The topological polar surface area (TPSA) is 68.1 Å². The van der Waals surface area contributed by atoms with E-state index in [4.69, 9.17) is 0 Å². The molecule has 0 N–H and O–H groups in total. The van der Waals surface area contributed by atoms with Gasteiger partial charge < -0.3 is 0 Å².